The van der Waals surface area contributed by atoms with E-state index in [0.29, 0.717) is 37.6 Å². The van der Waals surface area contributed by atoms with Crippen LogP contribution in [0.2, 0.25) is 0 Å². The van der Waals surface area contributed by atoms with E-state index in [1.165, 1.54) is 6.07 Å². The molecule has 1 saturated heterocycles. The molecule has 1 heterocycles. The second-order valence-corrected chi connectivity index (χ2v) is 6.14. The van der Waals surface area contributed by atoms with Crippen LogP contribution in [-0.2, 0) is 11.3 Å². The number of aliphatic hydroxyl groups excluding tert-OH is 1. The Morgan fingerprint density at radius 1 is 1.42 bits per heavy atom. The third kappa shape index (κ3) is 5.86. The Labute approximate surface area is 160 Å². The molecule has 0 aromatic heterocycles. The average Bonchev–Trinajstić information content (AvgIpc) is 3.00. The highest BCUT2D eigenvalue weighted by molar-refractivity contribution is 14.0. The zero-order chi connectivity index (χ0) is 16.7. The number of benzene rings is 1. The molecule has 7 heteroatoms. The standard InChI is InChI=1S/C17H26FN3O2.HI/c1-13-3-4-14(9-15(13)18)10-20-16(19-2)21-11-17(5-7-22)6-8-23-12-17;/h3-4,9,22H,5-8,10-12H2,1-2H3,(H2,19,20,21);1H. The van der Waals surface area contributed by atoms with E-state index in [1.807, 2.05) is 6.07 Å². The summed E-state index contributed by atoms with van der Waals surface area (Å²) in [6, 6.07) is 5.21. The summed E-state index contributed by atoms with van der Waals surface area (Å²) in [4.78, 5) is 4.19. The van der Waals surface area contributed by atoms with Gasteiger partial charge in [-0.25, -0.2) is 4.39 Å². The molecular weight excluding hydrogens is 424 g/mol. The summed E-state index contributed by atoms with van der Waals surface area (Å²) in [5.74, 6) is 0.465. The lowest BCUT2D eigenvalue weighted by Crippen LogP contribution is -2.44. The zero-order valence-electron chi connectivity index (χ0n) is 14.3. The van der Waals surface area contributed by atoms with Gasteiger partial charge < -0.3 is 20.5 Å². The predicted octanol–water partition coefficient (Wildman–Crippen LogP) is 2.21. The van der Waals surface area contributed by atoms with E-state index < -0.39 is 0 Å². The van der Waals surface area contributed by atoms with Crippen LogP contribution < -0.4 is 10.6 Å². The maximum absolute atomic E-state index is 13.6. The van der Waals surface area contributed by atoms with E-state index in [1.54, 1.807) is 20.0 Å². The van der Waals surface area contributed by atoms with Gasteiger partial charge in [-0.1, -0.05) is 12.1 Å². The number of ether oxygens (including phenoxy) is 1. The number of nitrogens with zero attached hydrogens (tertiary/aromatic N) is 1. The van der Waals surface area contributed by atoms with E-state index in [0.717, 1.165) is 18.6 Å². The minimum atomic E-state index is -0.197. The second-order valence-electron chi connectivity index (χ2n) is 6.14. The fraction of sp³-hybridized carbons (Fsp3) is 0.588. The van der Waals surface area contributed by atoms with Crippen molar-refractivity contribution in [3.8, 4) is 0 Å². The Balaban J connectivity index is 0.00000288. The molecule has 1 aliphatic heterocycles. The fourth-order valence-electron chi connectivity index (χ4n) is 2.74. The van der Waals surface area contributed by atoms with Crippen molar-refractivity contribution in [2.45, 2.75) is 26.3 Å². The van der Waals surface area contributed by atoms with Gasteiger partial charge in [0.2, 0.25) is 0 Å². The molecule has 1 aromatic rings. The first-order valence-corrected chi connectivity index (χ1v) is 7.97. The molecule has 0 saturated carbocycles. The first-order chi connectivity index (χ1) is 11.1. The maximum atomic E-state index is 13.6. The highest BCUT2D eigenvalue weighted by Gasteiger charge is 2.34. The third-order valence-corrected chi connectivity index (χ3v) is 4.38. The van der Waals surface area contributed by atoms with Crippen LogP contribution >= 0.6 is 24.0 Å². The Morgan fingerprint density at radius 2 is 2.21 bits per heavy atom. The Hall–Kier alpha value is -0.930. The number of aryl methyl sites for hydroxylation is 1. The zero-order valence-corrected chi connectivity index (χ0v) is 16.6. The van der Waals surface area contributed by atoms with E-state index in [-0.39, 0.29) is 41.8 Å². The van der Waals surface area contributed by atoms with Crippen molar-refractivity contribution in [1.29, 1.82) is 0 Å². The molecule has 1 atom stereocenters. The van der Waals surface area contributed by atoms with Crippen molar-refractivity contribution < 1.29 is 14.2 Å². The van der Waals surface area contributed by atoms with Crippen molar-refractivity contribution in [2.24, 2.45) is 10.4 Å². The van der Waals surface area contributed by atoms with Crippen molar-refractivity contribution >= 4 is 29.9 Å². The van der Waals surface area contributed by atoms with Gasteiger partial charge in [-0.05, 0) is 37.0 Å². The molecule has 1 unspecified atom stereocenters. The largest absolute Gasteiger partial charge is 0.396 e. The van der Waals surface area contributed by atoms with Gasteiger partial charge in [0, 0.05) is 38.8 Å². The van der Waals surface area contributed by atoms with Crippen LogP contribution in [0.1, 0.15) is 24.0 Å². The lowest BCUT2D eigenvalue weighted by Gasteiger charge is -2.27. The topological polar surface area (TPSA) is 65.9 Å². The third-order valence-electron chi connectivity index (χ3n) is 4.38. The lowest BCUT2D eigenvalue weighted by molar-refractivity contribution is 0.127. The molecule has 0 amide bonds. The minimum Gasteiger partial charge on any atom is -0.396 e. The van der Waals surface area contributed by atoms with Gasteiger partial charge >= 0.3 is 0 Å². The highest BCUT2D eigenvalue weighted by Crippen LogP contribution is 2.31. The van der Waals surface area contributed by atoms with Crippen molar-refractivity contribution in [3.63, 3.8) is 0 Å². The molecule has 0 spiro atoms. The van der Waals surface area contributed by atoms with E-state index in [4.69, 9.17) is 4.74 Å². The first-order valence-electron chi connectivity index (χ1n) is 7.97. The number of hydrogen-bond donors (Lipinski definition) is 3. The molecule has 3 N–H and O–H groups in total. The van der Waals surface area contributed by atoms with Crippen LogP contribution in [-0.4, -0.2) is 44.5 Å². The van der Waals surface area contributed by atoms with Gasteiger partial charge in [-0.3, -0.25) is 4.99 Å². The van der Waals surface area contributed by atoms with Crippen LogP contribution in [0.15, 0.2) is 23.2 Å². The van der Waals surface area contributed by atoms with Crippen molar-refractivity contribution in [1.82, 2.24) is 10.6 Å². The van der Waals surface area contributed by atoms with Gasteiger partial charge in [0.15, 0.2) is 5.96 Å². The quantitative estimate of drug-likeness (QED) is 0.353. The van der Waals surface area contributed by atoms with Gasteiger partial charge in [0.05, 0.1) is 6.61 Å². The number of guanidine groups is 1. The number of hydrogen-bond acceptors (Lipinski definition) is 3. The lowest BCUT2D eigenvalue weighted by atomic mass is 9.84. The molecular formula is C17H27FIN3O2. The van der Waals surface area contributed by atoms with Gasteiger partial charge in [0.25, 0.3) is 0 Å². The van der Waals surface area contributed by atoms with E-state index in [9.17, 15) is 9.50 Å². The van der Waals surface area contributed by atoms with Crippen molar-refractivity contribution in [3.05, 3.63) is 35.1 Å². The summed E-state index contributed by atoms with van der Waals surface area (Å²) in [5.41, 5.74) is 1.47. The van der Waals surface area contributed by atoms with Crippen molar-refractivity contribution in [2.75, 3.05) is 33.4 Å². The van der Waals surface area contributed by atoms with Crippen LogP contribution in [0.4, 0.5) is 4.39 Å². The molecule has 0 bridgehead atoms. The molecule has 1 aromatic carbocycles. The molecule has 136 valence electrons. The second kappa shape index (κ2) is 10.1. The number of halogens is 2. The Bertz CT molecular complexity index is 549. The Morgan fingerprint density at radius 3 is 2.79 bits per heavy atom. The molecule has 24 heavy (non-hydrogen) atoms. The summed E-state index contributed by atoms with van der Waals surface area (Å²) in [7, 11) is 1.70. The number of aliphatic imine (C=N–C) groups is 1. The summed E-state index contributed by atoms with van der Waals surface area (Å²) in [5, 5.41) is 15.7. The molecule has 1 aliphatic rings. The minimum absolute atomic E-state index is 0. The molecule has 1 fully saturated rings. The fourth-order valence-corrected chi connectivity index (χ4v) is 2.74. The SMILES string of the molecule is CN=C(NCc1ccc(C)c(F)c1)NCC1(CCO)CCOC1.I. The smallest absolute Gasteiger partial charge is 0.191 e. The summed E-state index contributed by atoms with van der Waals surface area (Å²) < 4.78 is 19.0. The van der Waals surface area contributed by atoms with Crippen LogP contribution in [0.5, 0.6) is 0 Å². The van der Waals surface area contributed by atoms with Crippen LogP contribution in [0, 0.1) is 18.2 Å². The van der Waals surface area contributed by atoms with Crippen LogP contribution in [0.25, 0.3) is 0 Å². The van der Waals surface area contributed by atoms with E-state index >= 15 is 0 Å². The first kappa shape index (κ1) is 21.1. The monoisotopic (exact) mass is 451 g/mol. The highest BCUT2D eigenvalue weighted by atomic mass is 127. The predicted molar refractivity (Wildman–Crippen MR) is 104 cm³/mol. The van der Waals surface area contributed by atoms with E-state index in [2.05, 4.69) is 15.6 Å². The number of rotatable bonds is 6. The normalized spacial score (nSPS) is 20.6. The summed E-state index contributed by atoms with van der Waals surface area (Å²) in [6.45, 7) is 4.48. The summed E-state index contributed by atoms with van der Waals surface area (Å²) in [6.07, 6.45) is 1.64. The molecule has 5 nitrogen and oxygen atoms in total. The van der Waals surface area contributed by atoms with Gasteiger partial charge in [-0.15, -0.1) is 24.0 Å². The molecule has 2 rings (SSSR count). The van der Waals surface area contributed by atoms with Gasteiger partial charge in [0.1, 0.15) is 5.82 Å². The van der Waals surface area contributed by atoms with Gasteiger partial charge in [-0.2, -0.15) is 0 Å². The van der Waals surface area contributed by atoms with Crippen LogP contribution in [0.3, 0.4) is 0 Å². The average molecular weight is 451 g/mol. The molecule has 0 radical (unpaired) electrons. The number of aliphatic hydroxyl groups is 1. The Kier molecular flexibility index (Phi) is 8.93. The molecule has 0 aliphatic carbocycles. The summed E-state index contributed by atoms with van der Waals surface area (Å²) >= 11 is 0. The maximum Gasteiger partial charge on any atom is 0.191 e. The number of nitrogens with one attached hydrogen (secondary N) is 2.